The topological polar surface area (TPSA) is 104 Å². The molecule has 0 radical (unpaired) electrons. The van der Waals surface area contributed by atoms with Crippen LogP contribution in [0.4, 0.5) is 0 Å². The van der Waals surface area contributed by atoms with E-state index in [9.17, 15) is 9.59 Å². The Hall–Kier alpha value is -2.67. The van der Waals surface area contributed by atoms with Crippen LogP contribution in [0.3, 0.4) is 0 Å². The fraction of sp³-hybridized carbons (Fsp3) is 0.214. The Morgan fingerprint density at radius 1 is 1.38 bits per heavy atom. The quantitative estimate of drug-likeness (QED) is 0.689. The van der Waals surface area contributed by atoms with Gasteiger partial charge in [-0.25, -0.2) is 4.79 Å². The lowest BCUT2D eigenvalue weighted by molar-refractivity contribution is -0.143. The highest BCUT2D eigenvalue weighted by molar-refractivity contribution is 5.96. The minimum Gasteiger partial charge on any atom is -0.467 e. The maximum absolute atomic E-state index is 12.0. The predicted molar refractivity (Wildman–Crippen MR) is 74.4 cm³/mol. The molecular weight excluding hydrogens is 274 g/mol. The van der Waals surface area contributed by atoms with E-state index in [1.54, 1.807) is 6.07 Å². The van der Waals surface area contributed by atoms with E-state index < -0.39 is 24.5 Å². The summed E-state index contributed by atoms with van der Waals surface area (Å²) in [7, 11) is 1.18. The maximum atomic E-state index is 12.0. The third-order valence-corrected chi connectivity index (χ3v) is 2.87. The molecule has 0 saturated heterocycles. The van der Waals surface area contributed by atoms with Crippen molar-refractivity contribution in [1.29, 1.82) is 0 Å². The third-order valence-electron chi connectivity index (χ3n) is 2.87. The van der Waals surface area contributed by atoms with Crippen molar-refractivity contribution in [3.63, 3.8) is 0 Å². The fourth-order valence-corrected chi connectivity index (χ4v) is 1.75. The number of amides is 1. The lowest BCUT2D eigenvalue weighted by Gasteiger charge is -2.12. The summed E-state index contributed by atoms with van der Waals surface area (Å²) in [5, 5.41) is 18.1. The van der Waals surface area contributed by atoms with Crippen molar-refractivity contribution in [3.8, 4) is 11.3 Å². The zero-order chi connectivity index (χ0) is 15.2. The van der Waals surface area contributed by atoms with Crippen molar-refractivity contribution >= 4 is 11.9 Å². The first-order chi connectivity index (χ1) is 10.2. The molecule has 7 nitrogen and oxygen atoms in total. The summed E-state index contributed by atoms with van der Waals surface area (Å²) < 4.78 is 4.48. The van der Waals surface area contributed by atoms with E-state index in [1.165, 1.54) is 7.11 Å². The van der Waals surface area contributed by atoms with E-state index in [-0.39, 0.29) is 5.69 Å². The normalized spacial score (nSPS) is 11.7. The molecule has 1 amide bonds. The molecule has 1 aromatic heterocycles. The third kappa shape index (κ3) is 3.46. The monoisotopic (exact) mass is 289 g/mol. The first-order valence-corrected chi connectivity index (χ1v) is 6.26. The van der Waals surface area contributed by atoms with Gasteiger partial charge in [0.25, 0.3) is 5.91 Å². The van der Waals surface area contributed by atoms with Gasteiger partial charge < -0.3 is 15.2 Å². The number of esters is 1. The summed E-state index contributed by atoms with van der Waals surface area (Å²) >= 11 is 0. The molecule has 1 heterocycles. The summed E-state index contributed by atoms with van der Waals surface area (Å²) in [5.41, 5.74) is 1.66. The van der Waals surface area contributed by atoms with Crippen LogP contribution in [0.25, 0.3) is 11.3 Å². The van der Waals surface area contributed by atoms with Gasteiger partial charge in [-0.1, -0.05) is 30.3 Å². The van der Waals surface area contributed by atoms with Gasteiger partial charge in [0.15, 0.2) is 6.04 Å². The lowest BCUT2D eigenvalue weighted by Crippen LogP contribution is -2.44. The second kappa shape index (κ2) is 6.67. The Kier molecular flexibility index (Phi) is 4.68. The smallest absolute Gasteiger partial charge is 0.330 e. The van der Waals surface area contributed by atoms with E-state index in [4.69, 9.17) is 5.11 Å². The zero-order valence-electron chi connectivity index (χ0n) is 11.4. The Morgan fingerprint density at radius 2 is 2.10 bits per heavy atom. The molecule has 0 aliphatic carbocycles. The number of hydrogen-bond donors (Lipinski definition) is 3. The molecule has 0 bridgehead atoms. The number of nitrogens with one attached hydrogen (secondary N) is 2. The second-order valence-corrected chi connectivity index (χ2v) is 4.26. The van der Waals surface area contributed by atoms with Gasteiger partial charge in [-0.15, -0.1) is 0 Å². The first kappa shape index (κ1) is 14.7. The van der Waals surface area contributed by atoms with Crippen molar-refractivity contribution in [1.82, 2.24) is 15.5 Å². The van der Waals surface area contributed by atoms with Crippen LogP contribution in [-0.2, 0) is 9.53 Å². The first-order valence-electron chi connectivity index (χ1n) is 6.26. The number of carbonyl (C=O) groups excluding carboxylic acids is 2. The average molecular weight is 289 g/mol. The Bertz CT molecular complexity index is 624. The highest BCUT2D eigenvalue weighted by Gasteiger charge is 2.22. The molecule has 2 aromatic rings. The van der Waals surface area contributed by atoms with Crippen molar-refractivity contribution in [2.24, 2.45) is 0 Å². The second-order valence-electron chi connectivity index (χ2n) is 4.26. The van der Waals surface area contributed by atoms with E-state index in [2.05, 4.69) is 20.3 Å². The number of benzene rings is 1. The van der Waals surface area contributed by atoms with Gasteiger partial charge in [0.2, 0.25) is 0 Å². The van der Waals surface area contributed by atoms with Crippen LogP contribution in [0.1, 0.15) is 10.5 Å². The summed E-state index contributed by atoms with van der Waals surface area (Å²) in [6.45, 7) is -0.544. The van der Waals surface area contributed by atoms with Crippen LogP contribution in [-0.4, -0.2) is 46.9 Å². The van der Waals surface area contributed by atoms with Gasteiger partial charge in [-0.3, -0.25) is 9.89 Å². The number of aliphatic hydroxyl groups excluding tert-OH is 1. The van der Waals surface area contributed by atoms with Gasteiger partial charge >= 0.3 is 5.97 Å². The number of ether oxygens (including phenoxy) is 1. The minimum absolute atomic E-state index is 0.191. The minimum atomic E-state index is -1.11. The van der Waals surface area contributed by atoms with Crippen LogP contribution in [0.5, 0.6) is 0 Å². The summed E-state index contributed by atoms with van der Waals surface area (Å²) in [6.07, 6.45) is 0. The van der Waals surface area contributed by atoms with Crippen LogP contribution in [0, 0.1) is 0 Å². The molecule has 1 aromatic carbocycles. The van der Waals surface area contributed by atoms with Crippen LogP contribution < -0.4 is 5.32 Å². The van der Waals surface area contributed by atoms with Crippen molar-refractivity contribution in [2.75, 3.05) is 13.7 Å². The Morgan fingerprint density at radius 3 is 2.71 bits per heavy atom. The average Bonchev–Trinajstić information content (AvgIpc) is 3.02. The summed E-state index contributed by atoms with van der Waals surface area (Å²) in [6, 6.07) is 9.80. The highest BCUT2D eigenvalue weighted by Crippen LogP contribution is 2.16. The number of aliphatic hydroxyl groups is 1. The standard InChI is InChI=1S/C14H15N3O4/c1-21-14(20)12(8-18)15-13(19)11-7-10(16-17-11)9-5-3-2-4-6-9/h2-7,12,18H,8H2,1H3,(H,15,19)(H,16,17). The van der Waals surface area contributed by atoms with E-state index in [1.807, 2.05) is 30.3 Å². The molecule has 110 valence electrons. The highest BCUT2D eigenvalue weighted by atomic mass is 16.5. The number of carbonyl (C=O) groups is 2. The number of rotatable bonds is 5. The number of aromatic nitrogens is 2. The van der Waals surface area contributed by atoms with E-state index in [0.717, 1.165) is 5.56 Å². The number of hydrogen-bond acceptors (Lipinski definition) is 5. The molecule has 0 aliphatic heterocycles. The van der Waals surface area contributed by atoms with Crippen LogP contribution in [0.15, 0.2) is 36.4 Å². The predicted octanol–water partition coefficient (Wildman–Crippen LogP) is 0.340. The summed E-state index contributed by atoms with van der Waals surface area (Å²) in [5.74, 6) is -1.26. The molecule has 0 fully saturated rings. The van der Waals surface area contributed by atoms with Crippen molar-refractivity contribution in [3.05, 3.63) is 42.1 Å². The van der Waals surface area contributed by atoms with Gasteiger partial charge in [-0.2, -0.15) is 5.10 Å². The lowest BCUT2D eigenvalue weighted by atomic mass is 10.1. The molecular formula is C14H15N3O4. The van der Waals surface area contributed by atoms with Gasteiger partial charge in [-0.05, 0) is 6.07 Å². The molecule has 3 N–H and O–H groups in total. The molecule has 7 heteroatoms. The zero-order valence-corrected chi connectivity index (χ0v) is 11.4. The van der Waals surface area contributed by atoms with E-state index >= 15 is 0 Å². The van der Waals surface area contributed by atoms with Crippen LogP contribution >= 0.6 is 0 Å². The largest absolute Gasteiger partial charge is 0.467 e. The van der Waals surface area contributed by atoms with E-state index in [0.29, 0.717) is 5.69 Å². The number of methoxy groups -OCH3 is 1. The SMILES string of the molecule is COC(=O)C(CO)NC(=O)c1cc(-c2ccccc2)n[nH]1. The fourth-order valence-electron chi connectivity index (χ4n) is 1.75. The molecule has 2 rings (SSSR count). The number of H-pyrrole nitrogens is 1. The Balaban J connectivity index is 2.11. The van der Waals surface area contributed by atoms with Crippen LogP contribution in [0.2, 0.25) is 0 Å². The number of nitrogens with zero attached hydrogens (tertiary/aromatic N) is 1. The molecule has 0 aliphatic rings. The van der Waals surface area contributed by atoms with Gasteiger partial charge in [0.05, 0.1) is 19.4 Å². The van der Waals surface area contributed by atoms with Crippen molar-refractivity contribution < 1.29 is 19.4 Å². The molecule has 0 spiro atoms. The maximum Gasteiger partial charge on any atom is 0.330 e. The van der Waals surface area contributed by atoms with Gasteiger partial charge in [0.1, 0.15) is 5.69 Å². The van der Waals surface area contributed by atoms with Gasteiger partial charge in [0, 0.05) is 5.56 Å². The Labute approximate surface area is 120 Å². The molecule has 1 unspecified atom stereocenters. The van der Waals surface area contributed by atoms with Crippen molar-refractivity contribution in [2.45, 2.75) is 6.04 Å². The molecule has 1 atom stereocenters. The molecule has 21 heavy (non-hydrogen) atoms. The summed E-state index contributed by atoms with van der Waals surface area (Å²) in [4.78, 5) is 23.3. The molecule has 0 saturated carbocycles. The number of aromatic amines is 1.